The van der Waals surface area contributed by atoms with Gasteiger partial charge in [-0.15, -0.1) is 0 Å². The van der Waals surface area contributed by atoms with Crippen LogP contribution in [0.5, 0.6) is 0 Å². The molecule has 1 N–H and O–H groups in total. The van der Waals surface area contributed by atoms with E-state index in [1.807, 2.05) is 36.4 Å². The smallest absolute Gasteiger partial charge is 0.248 e. The second-order valence-corrected chi connectivity index (χ2v) is 3.33. The van der Waals surface area contributed by atoms with Crippen molar-refractivity contribution in [3.05, 3.63) is 54.6 Å². The molecule has 0 bridgehead atoms. The summed E-state index contributed by atoms with van der Waals surface area (Å²) in [5.41, 5.74) is 1.67. The van der Waals surface area contributed by atoms with Crippen LogP contribution >= 0.6 is 0 Å². The molecule has 0 fully saturated rings. The Kier molecular flexibility index (Phi) is 8.33. The van der Waals surface area contributed by atoms with Gasteiger partial charge in [-0.25, -0.2) is 0 Å². The third-order valence-corrected chi connectivity index (χ3v) is 1.80. The van der Waals surface area contributed by atoms with Crippen LogP contribution in [0, 0.1) is 0 Å². The molecular formula is C14H19NO2. The van der Waals surface area contributed by atoms with Crippen LogP contribution in [-0.2, 0) is 9.53 Å². The van der Waals surface area contributed by atoms with Crippen molar-refractivity contribution in [2.45, 2.75) is 6.92 Å². The predicted molar refractivity (Wildman–Crippen MR) is 71.4 cm³/mol. The van der Waals surface area contributed by atoms with Crippen LogP contribution in [0.2, 0.25) is 0 Å². The molecule has 1 amide bonds. The molecule has 0 aliphatic rings. The molecule has 0 saturated heterocycles. The topological polar surface area (TPSA) is 38.3 Å². The minimum Gasteiger partial charge on any atom is -0.364 e. The second-order valence-electron chi connectivity index (χ2n) is 3.33. The number of methoxy groups -OCH3 is 1. The first-order valence-corrected chi connectivity index (χ1v) is 5.22. The molecule has 0 atom stereocenters. The molecule has 3 nitrogen and oxygen atoms in total. The van der Waals surface area contributed by atoms with Gasteiger partial charge in [0.2, 0.25) is 5.91 Å². The molecule has 0 saturated carbocycles. The van der Waals surface area contributed by atoms with Crippen molar-refractivity contribution in [1.82, 2.24) is 5.32 Å². The lowest BCUT2D eigenvalue weighted by Crippen LogP contribution is -2.25. The van der Waals surface area contributed by atoms with Gasteiger partial charge in [0.05, 0.1) is 0 Å². The lowest BCUT2D eigenvalue weighted by molar-refractivity contribution is -0.118. The summed E-state index contributed by atoms with van der Waals surface area (Å²) in [5.74, 6) is -0.170. The van der Waals surface area contributed by atoms with Crippen molar-refractivity contribution >= 4 is 12.0 Å². The lowest BCUT2D eigenvalue weighted by Gasteiger charge is -2.00. The number of carbonyl (C=O) groups excluding carboxylic acids is 1. The quantitative estimate of drug-likeness (QED) is 0.641. The van der Waals surface area contributed by atoms with Gasteiger partial charge in [-0.3, -0.25) is 4.79 Å². The number of ether oxygens (including phenoxy) is 1. The normalized spacial score (nSPS) is 8.59. The summed E-state index contributed by atoms with van der Waals surface area (Å²) >= 11 is 0. The Balaban J connectivity index is 0.000000302. The van der Waals surface area contributed by atoms with E-state index in [-0.39, 0.29) is 12.6 Å². The molecule has 0 aliphatic carbocycles. The van der Waals surface area contributed by atoms with Gasteiger partial charge in [-0.1, -0.05) is 49.6 Å². The molecule has 3 heteroatoms. The van der Waals surface area contributed by atoms with E-state index in [9.17, 15) is 4.79 Å². The SMILES string of the molecule is C=C(C)C(=O)NCOC.C=Cc1ccccc1. The highest BCUT2D eigenvalue weighted by Crippen LogP contribution is 1.97. The fourth-order valence-electron chi connectivity index (χ4n) is 0.878. The Morgan fingerprint density at radius 2 is 2.00 bits per heavy atom. The van der Waals surface area contributed by atoms with E-state index in [4.69, 9.17) is 0 Å². The van der Waals surface area contributed by atoms with Crippen LogP contribution < -0.4 is 5.32 Å². The Labute approximate surface area is 103 Å². The first-order valence-electron chi connectivity index (χ1n) is 5.22. The van der Waals surface area contributed by atoms with Gasteiger partial charge in [-0.2, -0.15) is 0 Å². The van der Waals surface area contributed by atoms with Crippen LogP contribution in [-0.4, -0.2) is 19.7 Å². The Bertz CT molecular complexity index is 358. The molecular weight excluding hydrogens is 214 g/mol. The zero-order chi connectivity index (χ0) is 13.1. The van der Waals surface area contributed by atoms with Crippen molar-refractivity contribution in [3.63, 3.8) is 0 Å². The summed E-state index contributed by atoms with van der Waals surface area (Å²) in [5, 5.41) is 2.47. The Morgan fingerprint density at radius 3 is 2.35 bits per heavy atom. The molecule has 0 unspecified atom stereocenters. The van der Waals surface area contributed by atoms with E-state index < -0.39 is 0 Å². The van der Waals surface area contributed by atoms with Crippen LogP contribution in [0.4, 0.5) is 0 Å². The minimum absolute atomic E-state index is 0.170. The standard InChI is InChI=1S/C8H8.C6H11NO2/c1-2-8-6-4-3-5-7-8;1-5(2)6(8)7-4-9-3/h2-7H,1H2;1,4H2,2-3H3,(H,7,8). The summed E-state index contributed by atoms with van der Waals surface area (Å²) in [7, 11) is 1.51. The van der Waals surface area contributed by atoms with Crippen LogP contribution in [0.25, 0.3) is 6.08 Å². The van der Waals surface area contributed by atoms with Crippen molar-refractivity contribution in [2.24, 2.45) is 0 Å². The molecule has 1 aromatic carbocycles. The summed E-state index contributed by atoms with van der Waals surface area (Å²) < 4.78 is 4.59. The number of nitrogens with one attached hydrogen (secondary N) is 1. The maximum absolute atomic E-state index is 10.6. The van der Waals surface area contributed by atoms with E-state index in [1.54, 1.807) is 6.92 Å². The summed E-state index contributed by atoms with van der Waals surface area (Å²) in [4.78, 5) is 10.6. The molecule has 1 aromatic rings. The highest BCUT2D eigenvalue weighted by Gasteiger charge is 1.96. The predicted octanol–water partition coefficient (Wildman–Crippen LogP) is 2.61. The Hall–Kier alpha value is -1.87. The maximum atomic E-state index is 10.6. The minimum atomic E-state index is -0.170. The molecule has 0 heterocycles. The number of benzene rings is 1. The number of amides is 1. The number of hydrogen-bond acceptors (Lipinski definition) is 2. The third-order valence-electron chi connectivity index (χ3n) is 1.80. The molecule has 0 aliphatic heterocycles. The summed E-state index contributed by atoms with van der Waals surface area (Å²) in [6.45, 7) is 8.96. The fraction of sp³-hybridized carbons (Fsp3) is 0.214. The van der Waals surface area contributed by atoms with Crippen LogP contribution in [0.3, 0.4) is 0 Å². The Morgan fingerprint density at radius 1 is 1.41 bits per heavy atom. The lowest BCUT2D eigenvalue weighted by atomic mass is 10.2. The number of rotatable bonds is 4. The highest BCUT2D eigenvalue weighted by atomic mass is 16.5. The highest BCUT2D eigenvalue weighted by molar-refractivity contribution is 5.91. The first kappa shape index (κ1) is 15.1. The second kappa shape index (κ2) is 9.36. The van der Waals surface area contributed by atoms with E-state index in [0.717, 1.165) is 0 Å². The van der Waals surface area contributed by atoms with E-state index >= 15 is 0 Å². The summed E-state index contributed by atoms with van der Waals surface area (Å²) in [6, 6.07) is 10.0. The molecule has 0 aromatic heterocycles. The third kappa shape index (κ3) is 7.99. The maximum Gasteiger partial charge on any atom is 0.248 e. The van der Waals surface area contributed by atoms with E-state index in [0.29, 0.717) is 5.57 Å². The van der Waals surface area contributed by atoms with Gasteiger partial charge in [0.15, 0.2) is 0 Å². The molecule has 1 rings (SSSR count). The monoisotopic (exact) mass is 233 g/mol. The molecule has 0 spiro atoms. The van der Waals surface area contributed by atoms with Crippen LogP contribution in [0.15, 0.2) is 49.1 Å². The van der Waals surface area contributed by atoms with Gasteiger partial charge >= 0.3 is 0 Å². The average Bonchev–Trinajstić information content (AvgIpc) is 2.37. The van der Waals surface area contributed by atoms with Crippen molar-refractivity contribution in [1.29, 1.82) is 0 Å². The zero-order valence-electron chi connectivity index (χ0n) is 10.4. The van der Waals surface area contributed by atoms with E-state index in [1.165, 1.54) is 12.7 Å². The zero-order valence-corrected chi connectivity index (χ0v) is 10.4. The molecule has 17 heavy (non-hydrogen) atoms. The summed E-state index contributed by atoms with van der Waals surface area (Å²) in [6.07, 6.45) is 1.83. The van der Waals surface area contributed by atoms with E-state index in [2.05, 4.69) is 23.2 Å². The number of hydrogen-bond donors (Lipinski definition) is 1. The first-order chi connectivity index (χ1) is 8.11. The molecule has 92 valence electrons. The van der Waals surface area contributed by atoms with Gasteiger partial charge < -0.3 is 10.1 Å². The average molecular weight is 233 g/mol. The van der Waals surface area contributed by atoms with Gasteiger partial charge in [0.1, 0.15) is 6.73 Å². The van der Waals surface area contributed by atoms with Crippen LogP contribution in [0.1, 0.15) is 12.5 Å². The fourth-order valence-corrected chi connectivity index (χ4v) is 0.878. The molecule has 0 radical (unpaired) electrons. The van der Waals surface area contributed by atoms with Gasteiger partial charge in [-0.05, 0) is 12.5 Å². The van der Waals surface area contributed by atoms with Crippen molar-refractivity contribution in [2.75, 3.05) is 13.8 Å². The number of carbonyl (C=O) groups is 1. The largest absolute Gasteiger partial charge is 0.364 e. The van der Waals surface area contributed by atoms with Crippen molar-refractivity contribution < 1.29 is 9.53 Å². The van der Waals surface area contributed by atoms with Gasteiger partial charge in [0.25, 0.3) is 0 Å². The van der Waals surface area contributed by atoms with Crippen molar-refractivity contribution in [3.8, 4) is 0 Å². The van der Waals surface area contributed by atoms with Gasteiger partial charge in [0, 0.05) is 12.7 Å².